The predicted octanol–water partition coefficient (Wildman–Crippen LogP) is 1.01. The molecule has 1 atom stereocenters. The van der Waals surface area contributed by atoms with E-state index in [4.69, 9.17) is 9.84 Å². The fraction of sp³-hybridized carbons (Fsp3) is 0.444. The van der Waals surface area contributed by atoms with Crippen molar-refractivity contribution in [2.75, 3.05) is 7.11 Å². The molecule has 0 unspecified atom stereocenters. The molecule has 12 heavy (non-hydrogen) atoms. The molecule has 0 aliphatic carbocycles. The minimum absolute atomic E-state index is 0.319. The maximum atomic E-state index is 9.07. The van der Waals surface area contributed by atoms with Crippen molar-refractivity contribution in [3.05, 3.63) is 23.9 Å². The van der Waals surface area contributed by atoms with Gasteiger partial charge in [-0.2, -0.15) is 0 Å². The van der Waals surface area contributed by atoms with Gasteiger partial charge in [-0.1, -0.05) is 6.07 Å². The number of rotatable bonds is 3. The molecule has 1 aromatic heterocycles. The van der Waals surface area contributed by atoms with E-state index in [2.05, 4.69) is 4.98 Å². The second-order valence-electron chi connectivity index (χ2n) is 2.76. The van der Waals surface area contributed by atoms with Crippen LogP contribution < -0.4 is 4.74 Å². The van der Waals surface area contributed by atoms with Crippen LogP contribution in [0.4, 0.5) is 0 Å². The zero-order valence-corrected chi connectivity index (χ0v) is 7.32. The highest BCUT2D eigenvalue weighted by atomic mass is 16.5. The van der Waals surface area contributed by atoms with Gasteiger partial charge in [0.05, 0.1) is 13.2 Å². The molecule has 3 nitrogen and oxygen atoms in total. The van der Waals surface area contributed by atoms with Crippen molar-refractivity contribution in [2.45, 2.75) is 19.4 Å². The Kier molecular flexibility index (Phi) is 3.05. The molecule has 1 rings (SSSR count). The zero-order chi connectivity index (χ0) is 8.97. The highest BCUT2D eigenvalue weighted by Gasteiger charge is 1.99. The van der Waals surface area contributed by atoms with E-state index in [1.807, 2.05) is 6.07 Å². The monoisotopic (exact) mass is 167 g/mol. The van der Waals surface area contributed by atoms with Gasteiger partial charge >= 0.3 is 0 Å². The first kappa shape index (κ1) is 9.00. The number of hydrogen-bond donors (Lipinski definition) is 1. The van der Waals surface area contributed by atoms with Gasteiger partial charge in [0.1, 0.15) is 0 Å². The summed E-state index contributed by atoms with van der Waals surface area (Å²) >= 11 is 0. The van der Waals surface area contributed by atoms with Gasteiger partial charge in [0.2, 0.25) is 5.88 Å². The molecular formula is C9H13NO2. The van der Waals surface area contributed by atoms with Crippen LogP contribution in [0.1, 0.15) is 12.5 Å². The van der Waals surface area contributed by atoms with Crippen molar-refractivity contribution >= 4 is 0 Å². The van der Waals surface area contributed by atoms with Crippen molar-refractivity contribution < 1.29 is 9.84 Å². The summed E-state index contributed by atoms with van der Waals surface area (Å²) in [6.07, 6.45) is 2.03. The number of methoxy groups -OCH3 is 1. The number of ether oxygens (including phenoxy) is 1. The average Bonchev–Trinajstić information content (AvgIpc) is 2.05. The third kappa shape index (κ3) is 2.51. The molecule has 0 aromatic carbocycles. The number of aromatic nitrogens is 1. The Bertz CT molecular complexity index is 231. The molecule has 0 aliphatic rings. The lowest BCUT2D eigenvalue weighted by Gasteiger charge is -2.04. The quantitative estimate of drug-likeness (QED) is 0.730. The van der Waals surface area contributed by atoms with Gasteiger partial charge in [0.25, 0.3) is 0 Å². The van der Waals surface area contributed by atoms with E-state index in [0.29, 0.717) is 12.3 Å². The molecule has 0 saturated carbocycles. The van der Waals surface area contributed by atoms with Gasteiger partial charge in [-0.15, -0.1) is 0 Å². The molecule has 0 amide bonds. The molecule has 1 aromatic rings. The fourth-order valence-corrected chi connectivity index (χ4v) is 0.994. The summed E-state index contributed by atoms with van der Waals surface area (Å²) in [6.45, 7) is 1.75. The molecule has 1 N–H and O–H groups in total. The Labute approximate surface area is 72.0 Å². The first-order valence-corrected chi connectivity index (χ1v) is 3.89. The number of hydrogen-bond acceptors (Lipinski definition) is 3. The van der Waals surface area contributed by atoms with Crippen LogP contribution in [0.3, 0.4) is 0 Å². The average molecular weight is 167 g/mol. The summed E-state index contributed by atoms with van der Waals surface area (Å²) in [5, 5.41) is 9.07. The smallest absolute Gasteiger partial charge is 0.212 e. The van der Waals surface area contributed by atoms with Gasteiger partial charge in [0, 0.05) is 12.3 Å². The van der Waals surface area contributed by atoms with E-state index in [-0.39, 0.29) is 6.10 Å². The number of aliphatic hydroxyl groups is 1. The minimum Gasteiger partial charge on any atom is -0.481 e. The van der Waals surface area contributed by atoms with E-state index >= 15 is 0 Å². The summed E-state index contributed by atoms with van der Waals surface area (Å²) in [4.78, 5) is 4.02. The molecule has 3 heteroatoms. The van der Waals surface area contributed by atoms with Crippen molar-refractivity contribution in [1.82, 2.24) is 4.98 Å². The Morgan fingerprint density at radius 3 is 2.75 bits per heavy atom. The van der Waals surface area contributed by atoms with Crippen molar-refractivity contribution in [2.24, 2.45) is 0 Å². The third-order valence-electron chi connectivity index (χ3n) is 1.54. The standard InChI is InChI=1S/C9H13NO2/c1-7(11)5-8-3-4-9(12-2)10-6-8/h3-4,6-7,11H,5H2,1-2H3/t7-/m1/s1. The molecular weight excluding hydrogens is 154 g/mol. The molecule has 0 bridgehead atoms. The number of aliphatic hydroxyl groups excluding tert-OH is 1. The van der Waals surface area contributed by atoms with Gasteiger partial charge in [-0.05, 0) is 18.9 Å². The normalized spacial score (nSPS) is 12.6. The summed E-state index contributed by atoms with van der Waals surface area (Å²) in [5.74, 6) is 0.601. The SMILES string of the molecule is COc1ccc(C[C@@H](C)O)cn1. The van der Waals surface area contributed by atoms with Gasteiger partial charge in [0.15, 0.2) is 0 Å². The lowest BCUT2D eigenvalue weighted by Crippen LogP contribution is -2.04. The Balaban J connectivity index is 2.65. The number of nitrogens with zero attached hydrogens (tertiary/aromatic N) is 1. The fourth-order valence-electron chi connectivity index (χ4n) is 0.994. The topological polar surface area (TPSA) is 42.4 Å². The molecule has 0 aliphatic heterocycles. The second-order valence-corrected chi connectivity index (χ2v) is 2.76. The van der Waals surface area contributed by atoms with E-state index in [0.717, 1.165) is 5.56 Å². The lowest BCUT2D eigenvalue weighted by atomic mass is 10.1. The molecule has 1 heterocycles. The van der Waals surface area contributed by atoms with Crippen molar-refractivity contribution in [3.63, 3.8) is 0 Å². The summed E-state index contributed by atoms with van der Waals surface area (Å²) in [7, 11) is 1.58. The van der Waals surface area contributed by atoms with Crippen LogP contribution in [0.25, 0.3) is 0 Å². The van der Waals surface area contributed by atoms with Crippen molar-refractivity contribution in [3.8, 4) is 5.88 Å². The zero-order valence-electron chi connectivity index (χ0n) is 7.32. The highest BCUT2D eigenvalue weighted by molar-refractivity contribution is 5.18. The van der Waals surface area contributed by atoms with Crippen LogP contribution in [-0.4, -0.2) is 23.3 Å². The number of pyridine rings is 1. The Morgan fingerprint density at radius 2 is 2.33 bits per heavy atom. The van der Waals surface area contributed by atoms with Crippen LogP contribution >= 0.6 is 0 Å². The van der Waals surface area contributed by atoms with E-state index in [9.17, 15) is 0 Å². The minimum atomic E-state index is -0.319. The summed E-state index contributed by atoms with van der Waals surface area (Å²) in [6, 6.07) is 3.69. The maximum Gasteiger partial charge on any atom is 0.212 e. The first-order valence-electron chi connectivity index (χ1n) is 3.89. The Morgan fingerprint density at radius 1 is 1.58 bits per heavy atom. The Hall–Kier alpha value is -1.09. The van der Waals surface area contributed by atoms with Crippen LogP contribution in [-0.2, 0) is 6.42 Å². The first-order chi connectivity index (χ1) is 5.72. The van der Waals surface area contributed by atoms with E-state index < -0.39 is 0 Å². The van der Waals surface area contributed by atoms with Crippen LogP contribution in [0.5, 0.6) is 5.88 Å². The van der Waals surface area contributed by atoms with Gasteiger partial charge < -0.3 is 9.84 Å². The summed E-state index contributed by atoms with van der Waals surface area (Å²) in [5.41, 5.74) is 1.02. The van der Waals surface area contributed by atoms with Crippen LogP contribution in [0.15, 0.2) is 18.3 Å². The molecule has 0 spiro atoms. The van der Waals surface area contributed by atoms with Crippen LogP contribution in [0.2, 0.25) is 0 Å². The molecule has 0 radical (unpaired) electrons. The van der Waals surface area contributed by atoms with Crippen molar-refractivity contribution in [1.29, 1.82) is 0 Å². The predicted molar refractivity (Wildman–Crippen MR) is 46.2 cm³/mol. The highest BCUT2D eigenvalue weighted by Crippen LogP contribution is 2.08. The summed E-state index contributed by atoms with van der Waals surface area (Å²) < 4.78 is 4.90. The molecule has 0 fully saturated rings. The largest absolute Gasteiger partial charge is 0.481 e. The molecule has 66 valence electrons. The van der Waals surface area contributed by atoms with E-state index in [1.165, 1.54) is 0 Å². The maximum absolute atomic E-state index is 9.07. The molecule has 0 saturated heterocycles. The van der Waals surface area contributed by atoms with E-state index in [1.54, 1.807) is 26.3 Å². The van der Waals surface area contributed by atoms with Gasteiger partial charge in [-0.3, -0.25) is 0 Å². The van der Waals surface area contributed by atoms with Gasteiger partial charge in [-0.25, -0.2) is 4.98 Å². The van der Waals surface area contributed by atoms with Crippen LogP contribution in [0, 0.1) is 0 Å². The second kappa shape index (κ2) is 4.07. The third-order valence-corrected chi connectivity index (χ3v) is 1.54. The lowest BCUT2D eigenvalue weighted by molar-refractivity contribution is 0.195.